The molecule has 21 heavy (non-hydrogen) atoms. The molecule has 0 bridgehead atoms. The Bertz CT molecular complexity index is 622. The highest BCUT2D eigenvalue weighted by atomic mass is 19.4. The van der Waals surface area contributed by atoms with Crippen molar-refractivity contribution in [2.75, 3.05) is 0 Å². The van der Waals surface area contributed by atoms with Crippen molar-refractivity contribution in [2.24, 2.45) is 0 Å². The third-order valence-electron chi connectivity index (χ3n) is 2.97. The Morgan fingerprint density at radius 3 is 2.19 bits per heavy atom. The zero-order chi connectivity index (χ0) is 15.5. The van der Waals surface area contributed by atoms with Crippen molar-refractivity contribution in [2.45, 2.75) is 19.3 Å². The molecule has 1 N–H and O–H groups in total. The second-order valence-electron chi connectivity index (χ2n) is 4.49. The van der Waals surface area contributed by atoms with Crippen molar-refractivity contribution in [3.05, 3.63) is 70.8 Å². The van der Waals surface area contributed by atoms with E-state index in [2.05, 4.69) is 5.32 Å². The van der Waals surface area contributed by atoms with Gasteiger partial charge in [-0.3, -0.25) is 0 Å². The monoisotopic (exact) mass is 301 g/mol. The molecule has 2 aromatic rings. The fourth-order valence-corrected chi connectivity index (χ4v) is 1.94. The van der Waals surface area contributed by atoms with Crippen LogP contribution in [0, 0.1) is 11.6 Å². The summed E-state index contributed by atoms with van der Waals surface area (Å²) in [7, 11) is 0. The summed E-state index contributed by atoms with van der Waals surface area (Å²) < 4.78 is 64.7. The quantitative estimate of drug-likeness (QED) is 0.831. The molecule has 0 aliphatic carbocycles. The zero-order valence-corrected chi connectivity index (χ0v) is 10.8. The molecule has 2 rings (SSSR count). The third-order valence-corrected chi connectivity index (χ3v) is 2.97. The van der Waals surface area contributed by atoms with Crippen LogP contribution in [0.1, 0.15) is 16.7 Å². The summed E-state index contributed by atoms with van der Waals surface area (Å²) in [4.78, 5) is 0. The van der Waals surface area contributed by atoms with Crippen molar-refractivity contribution < 1.29 is 22.0 Å². The Kier molecular flexibility index (Phi) is 4.57. The van der Waals surface area contributed by atoms with E-state index in [0.29, 0.717) is 11.6 Å². The summed E-state index contributed by atoms with van der Waals surface area (Å²) in [6, 6.07) is 8.48. The molecule has 0 atom stereocenters. The van der Waals surface area contributed by atoms with Gasteiger partial charge in [-0.05, 0) is 23.8 Å². The molecule has 0 fully saturated rings. The molecule has 0 radical (unpaired) electrons. The lowest BCUT2D eigenvalue weighted by molar-refractivity contribution is -0.138. The van der Waals surface area contributed by atoms with Crippen LogP contribution in [0.5, 0.6) is 0 Å². The first-order valence-electron chi connectivity index (χ1n) is 6.17. The molecule has 0 aliphatic rings. The van der Waals surface area contributed by atoms with Gasteiger partial charge in [-0.1, -0.05) is 24.3 Å². The van der Waals surface area contributed by atoms with Gasteiger partial charge in [0.05, 0.1) is 5.56 Å². The van der Waals surface area contributed by atoms with Crippen molar-refractivity contribution in [3.63, 3.8) is 0 Å². The Balaban J connectivity index is 2.09. The van der Waals surface area contributed by atoms with Crippen LogP contribution < -0.4 is 5.32 Å². The Hall–Kier alpha value is -1.95. The summed E-state index contributed by atoms with van der Waals surface area (Å²) in [5.74, 6) is -1.37. The number of hydrogen-bond acceptors (Lipinski definition) is 1. The predicted octanol–water partition coefficient (Wildman–Crippen LogP) is 4.27. The molecule has 2 aromatic carbocycles. The zero-order valence-electron chi connectivity index (χ0n) is 10.8. The topological polar surface area (TPSA) is 12.0 Å². The first-order valence-corrected chi connectivity index (χ1v) is 6.17. The third kappa shape index (κ3) is 4.01. The van der Waals surface area contributed by atoms with Gasteiger partial charge in [0, 0.05) is 18.7 Å². The Labute approximate surface area is 118 Å². The molecular formula is C15H12F5N. The van der Waals surface area contributed by atoms with Gasteiger partial charge in [-0.15, -0.1) is 0 Å². The summed E-state index contributed by atoms with van der Waals surface area (Å²) in [5, 5.41) is 2.73. The van der Waals surface area contributed by atoms with Crippen molar-refractivity contribution in [1.29, 1.82) is 0 Å². The average molecular weight is 301 g/mol. The van der Waals surface area contributed by atoms with Crippen LogP contribution in [0.4, 0.5) is 22.0 Å². The van der Waals surface area contributed by atoms with Gasteiger partial charge in [0.2, 0.25) is 0 Å². The van der Waals surface area contributed by atoms with Crippen LogP contribution in [0.2, 0.25) is 0 Å². The van der Waals surface area contributed by atoms with E-state index in [1.54, 1.807) is 6.07 Å². The number of nitrogens with one attached hydrogen (secondary N) is 1. The highest BCUT2D eigenvalue weighted by Crippen LogP contribution is 2.32. The van der Waals surface area contributed by atoms with Gasteiger partial charge in [-0.2, -0.15) is 13.2 Å². The van der Waals surface area contributed by atoms with Gasteiger partial charge >= 0.3 is 6.18 Å². The number of alkyl halides is 3. The first-order chi connectivity index (χ1) is 9.88. The lowest BCUT2D eigenvalue weighted by Gasteiger charge is -2.13. The fourth-order valence-electron chi connectivity index (χ4n) is 1.94. The predicted molar refractivity (Wildman–Crippen MR) is 68.3 cm³/mol. The molecule has 0 saturated heterocycles. The van der Waals surface area contributed by atoms with Gasteiger partial charge in [0.1, 0.15) is 11.6 Å². The molecule has 1 nitrogen and oxygen atoms in total. The van der Waals surface area contributed by atoms with E-state index < -0.39 is 23.4 Å². The van der Waals surface area contributed by atoms with Gasteiger partial charge in [0.25, 0.3) is 0 Å². The summed E-state index contributed by atoms with van der Waals surface area (Å²) in [6.45, 7) is -0.0508. The van der Waals surface area contributed by atoms with E-state index in [9.17, 15) is 22.0 Å². The largest absolute Gasteiger partial charge is 0.416 e. The second-order valence-corrected chi connectivity index (χ2v) is 4.49. The van der Waals surface area contributed by atoms with Gasteiger partial charge in [0.15, 0.2) is 0 Å². The standard InChI is InChI=1S/C15H12F5N/c16-12-6-5-10(13(7-12)15(18,19)20)8-21-9-11-3-1-2-4-14(11)17/h1-7,21H,8-9H2. The van der Waals surface area contributed by atoms with E-state index in [1.165, 1.54) is 18.2 Å². The van der Waals surface area contributed by atoms with E-state index in [4.69, 9.17) is 0 Å². The number of halogens is 5. The van der Waals surface area contributed by atoms with Crippen LogP contribution in [-0.4, -0.2) is 0 Å². The molecule has 112 valence electrons. The maximum atomic E-state index is 13.4. The molecule has 0 saturated carbocycles. The molecule has 0 unspecified atom stereocenters. The van der Waals surface area contributed by atoms with E-state index in [-0.39, 0.29) is 18.7 Å². The van der Waals surface area contributed by atoms with Gasteiger partial charge in [-0.25, -0.2) is 8.78 Å². The lowest BCUT2D eigenvalue weighted by Crippen LogP contribution is -2.18. The highest BCUT2D eigenvalue weighted by Gasteiger charge is 2.33. The van der Waals surface area contributed by atoms with Crippen molar-refractivity contribution in [3.8, 4) is 0 Å². The Morgan fingerprint density at radius 1 is 0.857 bits per heavy atom. The van der Waals surface area contributed by atoms with E-state index in [1.807, 2.05) is 0 Å². The van der Waals surface area contributed by atoms with Crippen molar-refractivity contribution in [1.82, 2.24) is 5.32 Å². The first kappa shape index (κ1) is 15.4. The van der Waals surface area contributed by atoms with Crippen LogP contribution in [-0.2, 0) is 19.3 Å². The molecule has 0 amide bonds. The van der Waals surface area contributed by atoms with E-state index in [0.717, 1.165) is 12.1 Å². The highest BCUT2D eigenvalue weighted by molar-refractivity contribution is 5.30. The van der Waals surface area contributed by atoms with Crippen LogP contribution >= 0.6 is 0 Å². The number of benzene rings is 2. The van der Waals surface area contributed by atoms with Crippen LogP contribution in [0.25, 0.3) is 0 Å². The maximum Gasteiger partial charge on any atom is 0.416 e. The minimum Gasteiger partial charge on any atom is -0.308 e. The number of hydrogen-bond donors (Lipinski definition) is 1. The fraction of sp³-hybridized carbons (Fsp3) is 0.200. The van der Waals surface area contributed by atoms with Gasteiger partial charge < -0.3 is 5.32 Å². The minimum absolute atomic E-state index is 0.0831. The molecular weight excluding hydrogens is 289 g/mol. The van der Waals surface area contributed by atoms with E-state index >= 15 is 0 Å². The smallest absolute Gasteiger partial charge is 0.308 e. The second kappa shape index (κ2) is 6.22. The SMILES string of the molecule is Fc1ccc(CNCc2ccccc2F)c(C(F)(F)F)c1. The summed E-state index contributed by atoms with van der Waals surface area (Å²) in [6.07, 6.45) is -4.63. The molecule has 6 heteroatoms. The summed E-state index contributed by atoms with van der Waals surface area (Å²) in [5.41, 5.74) is -0.753. The maximum absolute atomic E-state index is 13.4. The molecule has 0 heterocycles. The number of rotatable bonds is 4. The van der Waals surface area contributed by atoms with Crippen molar-refractivity contribution >= 4 is 0 Å². The van der Waals surface area contributed by atoms with Crippen LogP contribution in [0.3, 0.4) is 0 Å². The molecule has 0 spiro atoms. The molecule has 0 aliphatic heterocycles. The summed E-state index contributed by atoms with van der Waals surface area (Å²) >= 11 is 0. The normalized spacial score (nSPS) is 11.7. The lowest BCUT2D eigenvalue weighted by atomic mass is 10.1. The van der Waals surface area contributed by atoms with Crippen LogP contribution in [0.15, 0.2) is 42.5 Å². The minimum atomic E-state index is -4.63. The Morgan fingerprint density at radius 2 is 1.52 bits per heavy atom. The molecule has 0 aromatic heterocycles. The average Bonchev–Trinajstić information content (AvgIpc) is 2.41.